The lowest BCUT2D eigenvalue weighted by Gasteiger charge is -2.21. The van der Waals surface area contributed by atoms with Crippen LogP contribution in [-0.2, 0) is 11.2 Å². The molecule has 1 aliphatic rings. The van der Waals surface area contributed by atoms with Gasteiger partial charge < -0.3 is 10.6 Å². The number of halogens is 2. The molecule has 0 spiro atoms. The third kappa shape index (κ3) is 3.96. The van der Waals surface area contributed by atoms with Gasteiger partial charge in [0.1, 0.15) is 5.82 Å². The molecule has 18 heavy (non-hydrogen) atoms. The quantitative estimate of drug-likeness (QED) is 0.888. The highest BCUT2D eigenvalue weighted by Crippen LogP contribution is 2.26. The first-order valence-corrected chi connectivity index (χ1v) is 5.94. The molecule has 1 aliphatic carbocycles. The summed E-state index contributed by atoms with van der Waals surface area (Å²) in [7, 11) is 0. The second-order valence-electron chi connectivity index (χ2n) is 4.40. The fourth-order valence-corrected chi connectivity index (χ4v) is 1.96. The summed E-state index contributed by atoms with van der Waals surface area (Å²) in [6.45, 7) is 0.684. The minimum Gasteiger partial charge on any atom is -0.338 e. The zero-order chi connectivity index (χ0) is 12.3. The van der Waals surface area contributed by atoms with Crippen molar-refractivity contribution in [2.24, 2.45) is 5.73 Å². The van der Waals surface area contributed by atoms with Gasteiger partial charge in [0.25, 0.3) is 0 Å². The highest BCUT2D eigenvalue weighted by Gasteiger charge is 2.31. The van der Waals surface area contributed by atoms with E-state index < -0.39 is 0 Å². The molecule has 2 N–H and O–H groups in total. The van der Waals surface area contributed by atoms with Gasteiger partial charge in [-0.25, -0.2) is 4.39 Å². The first-order chi connectivity index (χ1) is 8.20. The van der Waals surface area contributed by atoms with Gasteiger partial charge in [-0.05, 0) is 37.0 Å². The third-order valence-corrected chi connectivity index (χ3v) is 3.01. The van der Waals surface area contributed by atoms with E-state index in [0.29, 0.717) is 19.0 Å². The van der Waals surface area contributed by atoms with E-state index in [9.17, 15) is 9.18 Å². The van der Waals surface area contributed by atoms with Crippen molar-refractivity contribution in [1.82, 2.24) is 4.90 Å². The molecule has 1 aromatic rings. The fourth-order valence-electron chi connectivity index (χ4n) is 1.96. The van der Waals surface area contributed by atoms with Crippen LogP contribution < -0.4 is 5.73 Å². The average Bonchev–Trinajstić information content (AvgIpc) is 3.13. The Morgan fingerprint density at radius 3 is 2.72 bits per heavy atom. The molecule has 0 radical (unpaired) electrons. The van der Waals surface area contributed by atoms with E-state index in [-0.39, 0.29) is 30.7 Å². The number of carbonyl (C=O) groups is 1. The summed E-state index contributed by atoms with van der Waals surface area (Å²) in [4.78, 5) is 13.4. The number of benzene rings is 1. The van der Waals surface area contributed by atoms with Crippen LogP contribution in [0.4, 0.5) is 4.39 Å². The Morgan fingerprint density at radius 2 is 2.17 bits per heavy atom. The Bertz CT molecular complexity index is 410. The van der Waals surface area contributed by atoms with Crippen LogP contribution in [0.5, 0.6) is 0 Å². The number of nitrogens with zero attached hydrogens (tertiary/aromatic N) is 1. The maximum absolute atomic E-state index is 13.0. The van der Waals surface area contributed by atoms with Crippen molar-refractivity contribution in [2.45, 2.75) is 25.3 Å². The summed E-state index contributed by atoms with van der Waals surface area (Å²) in [6, 6.07) is 6.86. The van der Waals surface area contributed by atoms with Crippen molar-refractivity contribution in [3.63, 3.8) is 0 Å². The molecule has 0 bridgehead atoms. The van der Waals surface area contributed by atoms with Crippen molar-refractivity contribution in [3.05, 3.63) is 35.6 Å². The molecular weight excluding hydrogens is 255 g/mol. The zero-order valence-electron chi connectivity index (χ0n) is 10.1. The summed E-state index contributed by atoms with van der Waals surface area (Å²) in [5, 5.41) is 0. The molecule has 2 rings (SSSR count). The highest BCUT2D eigenvalue weighted by atomic mass is 35.5. The van der Waals surface area contributed by atoms with Crippen LogP contribution in [0.1, 0.15) is 18.4 Å². The largest absolute Gasteiger partial charge is 0.338 e. The second-order valence-corrected chi connectivity index (χ2v) is 4.40. The molecule has 0 saturated heterocycles. The van der Waals surface area contributed by atoms with Crippen LogP contribution in [0.3, 0.4) is 0 Å². The summed E-state index contributed by atoms with van der Waals surface area (Å²) >= 11 is 0. The Kier molecular flexibility index (Phi) is 5.56. The SMILES string of the molecule is Cl.NCC(=O)N(CCc1cccc(F)c1)C1CC1. The number of nitrogens with two attached hydrogens (primary N) is 1. The molecule has 1 fully saturated rings. The topological polar surface area (TPSA) is 46.3 Å². The Hall–Kier alpha value is -1.13. The van der Waals surface area contributed by atoms with Gasteiger partial charge in [0.15, 0.2) is 0 Å². The van der Waals surface area contributed by atoms with E-state index in [0.717, 1.165) is 18.4 Å². The average molecular weight is 273 g/mol. The molecule has 0 heterocycles. The first-order valence-electron chi connectivity index (χ1n) is 5.94. The lowest BCUT2D eigenvalue weighted by Crippen LogP contribution is -2.39. The molecule has 1 amide bonds. The molecule has 0 aliphatic heterocycles. The Labute approximate surface area is 113 Å². The first kappa shape index (κ1) is 14.9. The number of hydrogen-bond acceptors (Lipinski definition) is 2. The van der Waals surface area contributed by atoms with Crippen molar-refractivity contribution < 1.29 is 9.18 Å². The maximum Gasteiger partial charge on any atom is 0.236 e. The fraction of sp³-hybridized carbons (Fsp3) is 0.462. The van der Waals surface area contributed by atoms with E-state index in [1.165, 1.54) is 12.1 Å². The van der Waals surface area contributed by atoms with Crippen molar-refractivity contribution in [1.29, 1.82) is 0 Å². The Balaban J connectivity index is 0.00000162. The van der Waals surface area contributed by atoms with Gasteiger partial charge >= 0.3 is 0 Å². The molecule has 5 heteroatoms. The van der Waals surface area contributed by atoms with Crippen molar-refractivity contribution >= 4 is 18.3 Å². The van der Waals surface area contributed by atoms with E-state index >= 15 is 0 Å². The van der Waals surface area contributed by atoms with Gasteiger partial charge in [-0.1, -0.05) is 12.1 Å². The molecule has 0 unspecified atom stereocenters. The van der Waals surface area contributed by atoms with Crippen LogP contribution in [0.25, 0.3) is 0 Å². The lowest BCUT2D eigenvalue weighted by atomic mass is 10.1. The predicted octanol–water partition coefficient (Wildman–Crippen LogP) is 1.74. The molecule has 3 nitrogen and oxygen atoms in total. The number of hydrogen-bond donors (Lipinski definition) is 1. The van der Waals surface area contributed by atoms with Crippen LogP contribution in [0.15, 0.2) is 24.3 Å². The van der Waals surface area contributed by atoms with Gasteiger partial charge in [0.2, 0.25) is 5.91 Å². The third-order valence-electron chi connectivity index (χ3n) is 3.01. The second kappa shape index (κ2) is 6.71. The van der Waals surface area contributed by atoms with E-state index in [1.54, 1.807) is 6.07 Å². The van der Waals surface area contributed by atoms with Crippen molar-refractivity contribution in [2.75, 3.05) is 13.1 Å². The Morgan fingerprint density at radius 1 is 1.44 bits per heavy atom. The van der Waals surface area contributed by atoms with Crippen LogP contribution in [0, 0.1) is 5.82 Å². The molecule has 100 valence electrons. The van der Waals surface area contributed by atoms with E-state index in [1.807, 2.05) is 11.0 Å². The minimum atomic E-state index is -0.231. The van der Waals surface area contributed by atoms with E-state index in [4.69, 9.17) is 5.73 Å². The van der Waals surface area contributed by atoms with E-state index in [2.05, 4.69) is 0 Å². The van der Waals surface area contributed by atoms with Gasteiger partial charge in [-0.15, -0.1) is 12.4 Å². The predicted molar refractivity (Wildman–Crippen MR) is 71.1 cm³/mol. The number of amides is 1. The minimum absolute atomic E-state index is 0. The van der Waals surface area contributed by atoms with Crippen LogP contribution in [0.2, 0.25) is 0 Å². The van der Waals surface area contributed by atoms with Crippen LogP contribution in [-0.4, -0.2) is 29.9 Å². The molecular formula is C13H18ClFN2O. The van der Waals surface area contributed by atoms with Gasteiger partial charge in [0, 0.05) is 12.6 Å². The zero-order valence-corrected chi connectivity index (χ0v) is 11.0. The summed E-state index contributed by atoms with van der Waals surface area (Å²) in [5.74, 6) is -0.241. The number of carbonyl (C=O) groups excluding carboxylic acids is 1. The normalized spacial score (nSPS) is 13.9. The van der Waals surface area contributed by atoms with Gasteiger partial charge in [0.05, 0.1) is 6.54 Å². The highest BCUT2D eigenvalue weighted by molar-refractivity contribution is 5.85. The smallest absolute Gasteiger partial charge is 0.236 e. The molecule has 1 saturated carbocycles. The van der Waals surface area contributed by atoms with Gasteiger partial charge in [-0.3, -0.25) is 4.79 Å². The van der Waals surface area contributed by atoms with Crippen LogP contribution >= 0.6 is 12.4 Å². The molecule has 0 atom stereocenters. The molecule has 0 aromatic heterocycles. The summed E-state index contributed by atoms with van der Waals surface area (Å²) < 4.78 is 13.0. The summed E-state index contributed by atoms with van der Waals surface area (Å²) in [5.41, 5.74) is 6.30. The van der Waals surface area contributed by atoms with Crippen molar-refractivity contribution in [3.8, 4) is 0 Å². The standard InChI is InChI=1S/C13H17FN2O.ClH/c14-11-3-1-2-10(8-11)6-7-16(12-4-5-12)13(17)9-15;/h1-3,8,12H,4-7,9,15H2;1H. The number of rotatable bonds is 5. The summed E-state index contributed by atoms with van der Waals surface area (Å²) in [6.07, 6.45) is 2.81. The monoisotopic (exact) mass is 272 g/mol. The van der Waals surface area contributed by atoms with Gasteiger partial charge in [-0.2, -0.15) is 0 Å². The lowest BCUT2D eigenvalue weighted by molar-refractivity contribution is -0.130. The maximum atomic E-state index is 13.0. The molecule has 1 aromatic carbocycles.